The molecule has 3 N–H and O–H groups in total. The van der Waals surface area contributed by atoms with Gasteiger partial charge in [0.2, 0.25) is 0 Å². The van der Waals surface area contributed by atoms with Crippen molar-refractivity contribution in [2.45, 2.75) is 25.3 Å². The lowest BCUT2D eigenvalue weighted by Gasteiger charge is -2.31. The molecule has 0 aromatic carbocycles. The van der Waals surface area contributed by atoms with E-state index in [1.807, 2.05) is 0 Å². The molecule has 2 nitrogen and oxygen atoms in total. The molecule has 0 aliphatic heterocycles. The minimum Gasteiger partial charge on any atom is -0.396 e. The van der Waals surface area contributed by atoms with Crippen LogP contribution in [0.4, 0.5) is 0 Å². The second-order valence-electron chi connectivity index (χ2n) is 2.61. The summed E-state index contributed by atoms with van der Waals surface area (Å²) in [6.07, 6.45) is 3.20. The lowest BCUT2D eigenvalue weighted by Crippen LogP contribution is -2.36. The quantitative estimate of drug-likeness (QED) is 0.605. The summed E-state index contributed by atoms with van der Waals surface area (Å²) in [4.78, 5) is 0. The minimum atomic E-state index is 0. The van der Waals surface area contributed by atoms with Crippen molar-refractivity contribution in [3.05, 3.63) is 0 Å². The lowest BCUT2D eigenvalue weighted by atomic mass is 9.79. The molecule has 3 heteroatoms. The summed E-state index contributed by atoms with van der Waals surface area (Å²) < 4.78 is 0. The Morgan fingerprint density at radius 2 is 2.00 bits per heavy atom. The van der Waals surface area contributed by atoms with Crippen LogP contribution in [0, 0.1) is 5.92 Å². The van der Waals surface area contributed by atoms with Gasteiger partial charge in [-0.2, -0.15) is 0 Å². The third kappa shape index (κ3) is 2.52. The number of hydrogen-bond donors (Lipinski definition) is 2. The Bertz CT molecular complexity index is 70.7. The van der Waals surface area contributed by atoms with Crippen molar-refractivity contribution in [1.82, 2.24) is 0 Å². The van der Waals surface area contributed by atoms with E-state index in [9.17, 15) is 0 Å². The smallest absolute Gasteiger partial charge is 0.0433 e. The Balaban J connectivity index is 0.000000640. The lowest BCUT2D eigenvalue weighted by molar-refractivity contribution is 0.188. The van der Waals surface area contributed by atoms with E-state index in [0.717, 1.165) is 25.2 Å². The fourth-order valence-electron chi connectivity index (χ4n) is 1.21. The Morgan fingerprint density at radius 1 is 1.44 bits per heavy atom. The fourth-order valence-corrected chi connectivity index (χ4v) is 1.21. The van der Waals surface area contributed by atoms with Gasteiger partial charge in [-0.1, -0.05) is 0 Å². The first-order valence-electron chi connectivity index (χ1n) is 3.19. The summed E-state index contributed by atoms with van der Waals surface area (Å²) >= 11 is 0. The summed E-state index contributed by atoms with van der Waals surface area (Å²) in [6, 6.07) is 0.437. The first kappa shape index (κ1) is 9.21. The maximum Gasteiger partial charge on any atom is 0.0433 e. The number of hydrogen-bond acceptors (Lipinski definition) is 2. The topological polar surface area (TPSA) is 46.2 Å². The third-order valence-corrected chi connectivity index (χ3v) is 1.81. The Labute approximate surface area is 61.8 Å². The number of aliphatic hydroxyl groups excluding tert-OH is 1. The second-order valence-corrected chi connectivity index (χ2v) is 2.61. The largest absolute Gasteiger partial charge is 0.396 e. The summed E-state index contributed by atoms with van der Waals surface area (Å²) in [5.41, 5.74) is 5.52. The van der Waals surface area contributed by atoms with E-state index in [1.54, 1.807) is 0 Å². The second kappa shape index (κ2) is 4.09. The molecule has 1 saturated carbocycles. The van der Waals surface area contributed by atoms with Crippen molar-refractivity contribution < 1.29 is 5.11 Å². The molecule has 0 saturated heterocycles. The number of rotatable bonds is 2. The maximum absolute atomic E-state index is 8.45. The van der Waals surface area contributed by atoms with Crippen LogP contribution in [-0.2, 0) is 0 Å². The molecule has 1 aliphatic carbocycles. The predicted molar refractivity (Wildman–Crippen MR) is 39.7 cm³/mol. The standard InChI is InChI=1S/C6H13NO.ClH/c7-6-3-5(4-6)1-2-8;/h5-6,8H,1-4,7H2;1H/t5-,6-;. The summed E-state index contributed by atoms with van der Waals surface area (Å²) in [5.74, 6) is 0.731. The van der Waals surface area contributed by atoms with E-state index in [1.165, 1.54) is 0 Å². The van der Waals surface area contributed by atoms with Gasteiger partial charge in [0, 0.05) is 12.6 Å². The van der Waals surface area contributed by atoms with E-state index < -0.39 is 0 Å². The van der Waals surface area contributed by atoms with Gasteiger partial charge < -0.3 is 10.8 Å². The van der Waals surface area contributed by atoms with E-state index in [2.05, 4.69) is 0 Å². The van der Waals surface area contributed by atoms with E-state index >= 15 is 0 Å². The highest BCUT2D eigenvalue weighted by Gasteiger charge is 2.24. The molecule has 0 heterocycles. The Morgan fingerprint density at radius 3 is 2.33 bits per heavy atom. The van der Waals surface area contributed by atoms with Gasteiger partial charge >= 0.3 is 0 Å². The first-order valence-corrected chi connectivity index (χ1v) is 3.19. The number of nitrogens with two attached hydrogens (primary N) is 1. The molecule has 0 amide bonds. The molecule has 0 aromatic heterocycles. The zero-order valence-electron chi connectivity index (χ0n) is 5.42. The van der Waals surface area contributed by atoms with E-state index in [4.69, 9.17) is 10.8 Å². The molecule has 56 valence electrons. The van der Waals surface area contributed by atoms with Crippen LogP contribution in [0.2, 0.25) is 0 Å². The van der Waals surface area contributed by atoms with Crippen molar-refractivity contribution >= 4 is 12.4 Å². The Kier molecular flexibility index (Phi) is 4.19. The molecular formula is C6H14ClNO. The normalized spacial score (nSPS) is 32.7. The van der Waals surface area contributed by atoms with Crippen LogP contribution in [0.15, 0.2) is 0 Å². The molecule has 9 heavy (non-hydrogen) atoms. The van der Waals surface area contributed by atoms with E-state index in [0.29, 0.717) is 12.6 Å². The van der Waals surface area contributed by atoms with Gasteiger partial charge in [-0.15, -0.1) is 12.4 Å². The summed E-state index contributed by atoms with van der Waals surface area (Å²) in [5, 5.41) is 8.45. The number of halogens is 1. The molecule has 0 atom stereocenters. The molecule has 1 rings (SSSR count). The van der Waals surface area contributed by atoms with Gasteiger partial charge in [-0.25, -0.2) is 0 Å². The van der Waals surface area contributed by atoms with E-state index in [-0.39, 0.29) is 12.4 Å². The van der Waals surface area contributed by atoms with Gasteiger partial charge in [-0.05, 0) is 25.2 Å². The summed E-state index contributed by atoms with van der Waals surface area (Å²) in [7, 11) is 0. The molecule has 1 fully saturated rings. The van der Waals surface area contributed by atoms with Crippen LogP contribution in [0.5, 0.6) is 0 Å². The van der Waals surface area contributed by atoms with Gasteiger partial charge in [-0.3, -0.25) is 0 Å². The van der Waals surface area contributed by atoms with Crippen molar-refractivity contribution in [1.29, 1.82) is 0 Å². The van der Waals surface area contributed by atoms with Gasteiger partial charge in [0.05, 0.1) is 0 Å². The van der Waals surface area contributed by atoms with Crippen molar-refractivity contribution in [2.24, 2.45) is 11.7 Å². The van der Waals surface area contributed by atoms with Crippen molar-refractivity contribution in [3.63, 3.8) is 0 Å². The van der Waals surface area contributed by atoms with Crippen LogP contribution in [0.25, 0.3) is 0 Å². The highest BCUT2D eigenvalue weighted by molar-refractivity contribution is 5.85. The molecule has 0 unspecified atom stereocenters. The van der Waals surface area contributed by atoms with Crippen molar-refractivity contribution in [2.75, 3.05) is 6.61 Å². The fraction of sp³-hybridized carbons (Fsp3) is 1.00. The average Bonchev–Trinajstić information content (AvgIpc) is 1.64. The highest BCUT2D eigenvalue weighted by atomic mass is 35.5. The van der Waals surface area contributed by atoms with Gasteiger partial charge in [0.25, 0.3) is 0 Å². The predicted octanol–water partition coefficient (Wildman–Crippen LogP) is 0.528. The summed E-state index contributed by atoms with van der Waals surface area (Å²) in [6.45, 7) is 0.331. The highest BCUT2D eigenvalue weighted by Crippen LogP contribution is 2.27. The molecule has 0 spiro atoms. The Hall–Kier alpha value is 0.210. The number of aliphatic hydroxyl groups is 1. The third-order valence-electron chi connectivity index (χ3n) is 1.81. The van der Waals surface area contributed by atoms with Gasteiger partial charge in [0.15, 0.2) is 0 Å². The maximum atomic E-state index is 8.45. The van der Waals surface area contributed by atoms with Crippen LogP contribution in [0.3, 0.4) is 0 Å². The van der Waals surface area contributed by atoms with Gasteiger partial charge in [0.1, 0.15) is 0 Å². The molecule has 0 radical (unpaired) electrons. The monoisotopic (exact) mass is 151 g/mol. The van der Waals surface area contributed by atoms with Crippen LogP contribution in [0.1, 0.15) is 19.3 Å². The van der Waals surface area contributed by atoms with Crippen molar-refractivity contribution in [3.8, 4) is 0 Å². The SMILES string of the molecule is Cl.N[C@H]1C[C@H](CCO)C1. The average molecular weight is 152 g/mol. The molecule has 0 bridgehead atoms. The zero-order valence-corrected chi connectivity index (χ0v) is 6.23. The molecule has 1 aliphatic rings. The minimum absolute atomic E-state index is 0. The van der Waals surface area contributed by atoms with Crippen LogP contribution < -0.4 is 5.73 Å². The van der Waals surface area contributed by atoms with Crippen LogP contribution in [-0.4, -0.2) is 17.8 Å². The molecular weight excluding hydrogens is 138 g/mol. The van der Waals surface area contributed by atoms with Crippen LogP contribution >= 0.6 is 12.4 Å². The first-order chi connectivity index (χ1) is 3.83. The zero-order chi connectivity index (χ0) is 5.98. The molecule has 0 aromatic rings.